The summed E-state index contributed by atoms with van der Waals surface area (Å²) in [6, 6.07) is 0. The molecule has 1 rings (SSSR count). The quantitative estimate of drug-likeness (QED) is 0.589. The molecule has 3 nitrogen and oxygen atoms in total. The standard InChI is InChI=1S/C8H14N2O/c1-6(2)4-7-5-8(11)10(3)9-7/h6H,4-5H2,1-3H3. The Morgan fingerprint density at radius 3 is 2.64 bits per heavy atom. The second kappa shape index (κ2) is 3.03. The van der Waals surface area contributed by atoms with Gasteiger partial charge in [0.15, 0.2) is 0 Å². The van der Waals surface area contributed by atoms with Crippen LogP contribution in [0.1, 0.15) is 26.7 Å². The van der Waals surface area contributed by atoms with Gasteiger partial charge in [-0.15, -0.1) is 0 Å². The summed E-state index contributed by atoms with van der Waals surface area (Å²) < 4.78 is 0. The molecule has 62 valence electrons. The minimum absolute atomic E-state index is 0.112. The molecule has 0 fully saturated rings. The molecule has 0 aromatic heterocycles. The Balaban J connectivity index is 2.50. The highest BCUT2D eigenvalue weighted by atomic mass is 16.2. The average Bonchev–Trinajstić information content (AvgIpc) is 2.10. The Hall–Kier alpha value is -0.860. The Bertz CT molecular complexity index is 196. The summed E-state index contributed by atoms with van der Waals surface area (Å²) in [5, 5.41) is 5.54. The molecule has 0 radical (unpaired) electrons. The maximum absolute atomic E-state index is 11.0. The van der Waals surface area contributed by atoms with E-state index in [1.54, 1.807) is 7.05 Å². The molecule has 0 aliphatic carbocycles. The maximum atomic E-state index is 11.0. The van der Waals surface area contributed by atoms with Gasteiger partial charge in [-0.3, -0.25) is 4.79 Å². The van der Waals surface area contributed by atoms with Crippen LogP contribution in [0.25, 0.3) is 0 Å². The topological polar surface area (TPSA) is 32.7 Å². The molecule has 1 amide bonds. The highest BCUT2D eigenvalue weighted by Crippen LogP contribution is 2.12. The average molecular weight is 154 g/mol. The van der Waals surface area contributed by atoms with Gasteiger partial charge in [-0.05, 0) is 12.3 Å². The Kier molecular flexibility index (Phi) is 2.27. The highest BCUT2D eigenvalue weighted by molar-refractivity contribution is 6.04. The molecule has 0 aromatic carbocycles. The van der Waals surface area contributed by atoms with Crippen molar-refractivity contribution in [3.8, 4) is 0 Å². The van der Waals surface area contributed by atoms with Gasteiger partial charge in [-0.1, -0.05) is 13.8 Å². The third-order valence-corrected chi connectivity index (χ3v) is 1.65. The molecular weight excluding hydrogens is 140 g/mol. The minimum Gasteiger partial charge on any atom is -0.273 e. The monoisotopic (exact) mass is 154 g/mol. The van der Waals surface area contributed by atoms with E-state index in [1.165, 1.54) is 5.01 Å². The van der Waals surface area contributed by atoms with Gasteiger partial charge in [0.25, 0.3) is 0 Å². The van der Waals surface area contributed by atoms with E-state index in [4.69, 9.17) is 0 Å². The van der Waals surface area contributed by atoms with Crippen LogP contribution in [0.15, 0.2) is 5.10 Å². The Morgan fingerprint density at radius 1 is 1.64 bits per heavy atom. The summed E-state index contributed by atoms with van der Waals surface area (Å²) in [5.74, 6) is 0.703. The third kappa shape index (κ3) is 2.03. The van der Waals surface area contributed by atoms with Crippen molar-refractivity contribution in [3.05, 3.63) is 0 Å². The first-order chi connectivity index (χ1) is 5.09. The maximum Gasteiger partial charge on any atom is 0.248 e. The summed E-state index contributed by atoms with van der Waals surface area (Å²) in [5.41, 5.74) is 1.02. The second-order valence-corrected chi connectivity index (χ2v) is 3.36. The zero-order valence-corrected chi connectivity index (χ0v) is 7.29. The third-order valence-electron chi connectivity index (χ3n) is 1.65. The van der Waals surface area contributed by atoms with Crippen molar-refractivity contribution in [2.75, 3.05) is 7.05 Å². The molecule has 11 heavy (non-hydrogen) atoms. The van der Waals surface area contributed by atoms with Crippen molar-refractivity contribution in [3.63, 3.8) is 0 Å². The van der Waals surface area contributed by atoms with E-state index in [2.05, 4.69) is 18.9 Å². The summed E-state index contributed by atoms with van der Waals surface area (Å²) in [4.78, 5) is 11.0. The van der Waals surface area contributed by atoms with Gasteiger partial charge in [-0.2, -0.15) is 5.10 Å². The highest BCUT2D eigenvalue weighted by Gasteiger charge is 2.20. The molecule has 0 saturated carbocycles. The summed E-state index contributed by atoms with van der Waals surface area (Å²) in [6.45, 7) is 4.26. The SMILES string of the molecule is CC(C)CC1=NN(C)C(=O)C1. The second-order valence-electron chi connectivity index (χ2n) is 3.36. The molecule has 0 saturated heterocycles. The lowest BCUT2D eigenvalue weighted by Crippen LogP contribution is -2.14. The van der Waals surface area contributed by atoms with Crippen molar-refractivity contribution in [1.82, 2.24) is 5.01 Å². The number of hydrazone groups is 1. The van der Waals surface area contributed by atoms with Crippen molar-refractivity contribution in [1.29, 1.82) is 0 Å². The van der Waals surface area contributed by atoms with Gasteiger partial charge in [0, 0.05) is 12.8 Å². The van der Waals surface area contributed by atoms with Crippen LogP contribution in [0.4, 0.5) is 0 Å². The molecule has 1 aliphatic rings. The first kappa shape index (κ1) is 8.24. The summed E-state index contributed by atoms with van der Waals surface area (Å²) in [6.07, 6.45) is 1.46. The fourth-order valence-electron chi connectivity index (χ4n) is 1.18. The van der Waals surface area contributed by atoms with E-state index < -0.39 is 0 Å². The number of nitrogens with zero attached hydrogens (tertiary/aromatic N) is 2. The van der Waals surface area contributed by atoms with E-state index in [1.807, 2.05) is 0 Å². The molecule has 0 atom stereocenters. The molecule has 1 aliphatic heterocycles. The molecule has 3 heteroatoms. The molecule has 0 spiro atoms. The van der Waals surface area contributed by atoms with Crippen molar-refractivity contribution in [2.45, 2.75) is 26.7 Å². The van der Waals surface area contributed by atoms with Gasteiger partial charge < -0.3 is 0 Å². The molecule has 0 N–H and O–H groups in total. The Morgan fingerprint density at radius 2 is 2.27 bits per heavy atom. The van der Waals surface area contributed by atoms with E-state index in [9.17, 15) is 4.79 Å². The lowest BCUT2D eigenvalue weighted by atomic mass is 10.1. The van der Waals surface area contributed by atoms with E-state index in [0.29, 0.717) is 12.3 Å². The van der Waals surface area contributed by atoms with E-state index in [0.717, 1.165) is 12.1 Å². The van der Waals surface area contributed by atoms with Crippen LogP contribution in [0.5, 0.6) is 0 Å². The normalized spacial score (nSPS) is 18.0. The van der Waals surface area contributed by atoms with E-state index in [-0.39, 0.29) is 5.91 Å². The number of rotatable bonds is 2. The van der Waals surface area contributed by atoms with Crippen LogP contribution in [0.2, 0.25) is 0 Å². The van der Waals surface area contributed by atoms with Crippen LogP contribution in [0, 0.1) is 5.92 Å². The number of carbonyl (C=O) groups is 1. The summed E-state index contributed by atoms with van der Waals surface area (Å²) >= 11 is 0. The predicted molar refractivity (Wildman–Crippen MR) is 44.3 cm³/mol. The van der Waals surface area contributed by atoms with Crippen molar-refractivity contribution >= 4 is 11.6 Å². The van der Waals surface area contributed by atoms with Gasteiger partial charge >= 0.3 is 0 Å². The Labute approximate surface area is 67.1 Å². The smallest absolute Gasteiger partial charge is 0.248 e. The lowest BCUT2D eigenvalue weighted by Gasteiger charge is -2.01. The number of amides is 1. The van der Waals surface area contributed by atoms with Gasteiger partial charge in [0.1, 0.15) is 0 Å². The zero-order valence-electron chi connectivity index (χ0n) is 7.29. The van der Waals surface area contributed by atoms with Crippen molar-refractivity contribution < 1.29 is 4.79 Å². The van der Waals surface area contributed by atoms with Crippen LogP contribution < -0.4 is 0 Å². The van der Waals surface area contributed by atoms with Crippen LogP contribution in [-0.4, -0.2) is 23.7 Å². The minimum atomic E-state index is 0.112. The molecule has 0 aromatic rings. The van der Waals surface area contributed by atoms with Crippen LogP contribution >= 0.6 is 0 Å². The first-order valence-electron chi connectivity index (χ1n) is 3.92. The first-order valence-corrected chi connectivity index (χ1v) is 3.92. The fourth-order valence-corrected chi connectivity index (χ4v) is 1.18. The predicted octanol–water partition coefficient (Wildman–Crippen LogP) is 1.25. The largest absolute Gasteiger partial charge is 0.273 e. The molecule has 0 unspecified atom stereocenters. The van der Waals surface area contributed by atoms with Gasteiger partial charge in [0.05, 0.1) is 6.42 Å². The van der Waals surface area contributed by atoms with Gasteiger partial charge in [0.2, 0.25) is 5.91 Å². The van der Waals surface area contributed by atoms with Crippen LogP contribution in [0.3, 0.4) is 0 Å². The van der Waals surface area contributed by atoms with Crippen molar-refractivity contribution in [2.24, 2.45) is 11.0 Å². The number of hydrogen-bond acceptors (Lipinski definition) is 2. The van der Waals surface area contributed by atoms with E-state index >= 15 is 0 Å². The fraction of sp³-hybridized carbons (Fsp3) is 0.750. The zero-order chi connectivity index (χ0) is 8.43. The molecular formula is C8H14N2O. The molecule has 0 bridgehead atoms. The van der Waals surface area contributed by atoms with Crippen LogP contribution in [-0.2, 0) is 4.79 Å². The molecule has 1 heterocycles. The van der Waals surface area contributed by atoms with Gasteiger partial charge in [-0.25, -0.2) is 5.01 Å². The number of carbonyl (C=O) groups excluding carboxylic acids is 1. The lowest BCUT2D eigenvalue weighted by molar-refractivity contribution is -0.127. The number of hydrogen-bond donors (Lipinski definition) is 0. The summed E-state index contributed by atoms with van der Waals surface area (Å²) in [7, 11) is 1.70.